The van der Waals surface area contributed by atoms with Crippen molar-refractivity contribution in [1.82, 2.24) is 10.6 Å². The molecule has 0 spiro atoms. The number of carbonyl (C=O) groups is 1. The summed E-state index contributed by atoms with van der Waals surface area (Å²) in [6.07, 6.45) is 4.57. The molecule has 1 aliphatic rings. The SMILES string of the molecule is C=C(C)c1cccc(C(C)(C)NC(=O)NC2CCC(C)CC2)c1. The molecule has 0 bridgehead atoms. The smallest absolute Gasteiger partial charge is 0.315 e. The van der Waals surface area contributed by atoms with E-state index in [1.807, 2.05) is 32.9 Å². The Morgan fingerprint density at radius 3 is 2.48 bits per heavy atom. The molecule has 1 aromatic carbocycles. The summed E-state index contributed by atoms with van der Waals surface area (Å²) < 4.78 is 0. The summed E-state index contributed by atoms with van der Waals surface area (Å²) in [5.41, 5.74) is 2.81. The first-order chi connectivity index (χ1) is 10.8. The zero-order chi connectivity index (χ0) is 17.0. The largest absolute Gasteiger partial charge is 0.335 e. The van der Waals surface area contributed by atoms with Gasteiger partial charge in [-0.15, -0.1) is 0 Å². The van der Waals surface area contributed by atoms with Crippen molar-refractivity contribution in [3.05, 3.63) is 42.0 Å². The van der Waals surface area contributed by atoms with Crippen molar-refractivity contribution in [3.63, 3.8) is 0 Å². The summed E-state index contributed by atoms with van der Waals surface area (Å²) in [7, 11) is 0. The molecule has 2 rings (SSSR count). The van der Waals surface area contributed by atoms with Gasteiger partial charge in [-0.3, -0.25) is 0 Å². The molecule has 0 aromatic heterocycles. The zero-order valence-electron chi connectivity index (χ0n) is 14.9. The predicted molar refractivity (Wildman–Crippen MR) is 97.3 cm³/mol. The van der Waals surface area contributed by atoms with Gasteiger partial charge in [-0.05, 0) is 69.6 Å². The van der Waals surface area contributed by atoms with Crippen molar-refractivity contribution in [3.8, 4) is 0 Å². The Labute approximate surface area is 140 Å². The maximum atomic E-state index is 12.4. The molecule has 1 aromatic rings. The van der Waals surface area contributed by atoms with Crippen LogP contribution in [0.3, 0.4) is 0 Å². The van der Waals surface area contributed by atoms with Gasteiger partial charge < -0.3 is 10.6 Å². The molecule has 1 fully saturated rings. The molecule has 23 heavy (non-hydrogen) atoms. The van der Waals surface area contributed by atoms with Crippen LogP contribution < -0.4 is 10.6 Å². The highest BCUT2D eigenvalue weighted by atomic mass is 16.2. The average Bonchev–Trinajstić information content (AvgIpc) is 2.49. The van der Waals surface area contributed by atoms with Gasteiger partial charge >= 0.3 is 6.03 Å². The number of benzene rings is 1. The predicted octanol–water partition coefficient (Wildman–Crippen LogP) is 4.83. The molecule has 3 heteroatoms. The van der Waals surface area contributed by atoms with E-state index >= 15 is 0 Å². The van der Waals surface area contributed by atoms with Gasteiger partial charge in [0.15, 0.2) is 0 Å². The van der Waals surface area contributed by atoms with E-state index in [0.29, 0.717) is 6.04 Å². The van der Waals surface area contributed by atoms with Crippen LogP contribution in [0.4, 0.5) is 4.79 Å². The number of hydrogen-bond acceptors (Lipinski definition) is 1. The molecule has 2 amide bonds. The van der Waals surface area contributed by atoms with E-state index < -0.39 is 5.54 Å². The summed E-state index contributed by atoms with van der Waals surface area (Å²) in [4.78, 5) is 12.4. The zero-order valence-corrected chi connectivity index (χ0v) is 14.9. The molecule has 0 aliphatic heterocycles. The maximum absolute atomic E-state index is 12.4. The topological polar surface area (TPSA) is 41.1 Å². The lowest BCUT2D eigenvalue weighted by Crippen LogP contribution is -2.50. The summed E-state index contributed by atoms with van der Waals surface area (Å²) >= 11 is 0. The monoisotopic (exact) mass is 314 g/mol. The first kappa shape index (κ1) is 17.6. The molecular formula is C20H30N2O. The van der Waals surface area contributed by atoms with Crippen LogP contribution in [0.1, 0.15) is 64.5 Å². The van der Waals surface area contributed by atoms with Crippen LogP contribution >= 0.6 is 0 Å². The van der Waals surface area contributed by atoms with E-state index in [9.17, 15) is 4.79 Å². The van der Waals surface area contributed by atoms with Gasteiger partial charge in [-0.2, -0.15) is 0 Å². The fourth-order valence-electron chi connectivity index (χ4n) is 3.16. The van der Waals surface area contributed by atoms with Crippen molar-refractivity contribution >= 4 is 11.6 Å². The second-order valence-electron chi connectivity index (χ2n) is 7.54. The standard InChI is InChI=1S/C20H30N2O/c1-14(2)16-7-6-8-17(13-16)20(4,5)22-19(23)21-18-11-9-15(3)10-12-18/h6-8,13,15,18H,1,9-12H2,2-5H3,(H2,21,22,23). The molecular weight excluding hydrogens is 284 g/mol. The number of amides is 2. The molecule has 0 radical (unpaired) electrons. The highest BCUT2D eigenvalue weighted by molar-refractivity contribution is 5.75. The van der Waals surface area contributed by atoms with Crippen LogP contribution in [0.2, 0.25) is 0 Å². The molecule has 0 saturated heterocycles. The van der Waals surface area contributed by atoms with E-state index in [1.165, 1.54) is 12.8 Å². The maximum Gasteiger partial charge on any atom is 0.315 e. The normalized spacial score (nSPS) is 21.6. The van der Waals surface area contributed by atoms with E-state index in [4.69, 9.17) is 0 Å². The number of hydrogen-bond donors (Lipinski definition) is 2. The lowest BCUT2D eigenvalue weighted by molar-refractivity contribution is 0.218. The summed E-state index contributed by atoms with van der Waals surface area (Å²) in [5.74, 6) is 0.789. The quantitative estimate of drug-likeness (QED) is 0.821. The first-order valence-electron chi connectivity index (χ1n) is 8.63. The van der Waals surface area contributed by atoms with Gasteiger partial charge in [0, 0.05) is 6.04 Å². The van der Waals surface area contributed by atoms with Gasteiger partial charge in [0.2, 0.25) is 0 Å². The van der Waals surface area contributed by atoms with Crippen molar-refractivity contribution in [2.45, 2.75) is 65.0 Å². The fraction of sp³-hybridized carbons (Fsp3) is 0.550. The lowest BCUT2D eigenvalue weighted by atomic mass is 9.87. The van der Waals surface area contributed by atoms with Gasteiger partial charge in [0.25, 0.3) is 0 Å². The van der Waals surface area contributed by atoms with Crippen LogP contribution in [-0.2, 0) is 5.54 Å². The second-order valence-corrected chi connectivity index (χ2v) is 7.54. The van der Waals surface area contributed by atoms with Crippen LogP contribution in [0.15, 0.2) is 30.8 Å². The van der Waals surface area contributed by atoms with Crippen LogP contribution in [-0.4, -0.2) is 12.1 Å². The minimum atomic E-state index is -0.419. The summed E-state index contributed by atoms with van der Waals surface area (Å²) in [5, 5.41) is 6.25. The Kier molecular flexibility index (Phi) is 5.51. The van der Waals surface area contributed by atoms with Crippen molar-refractivity contribution in [2.24, 2.45) is 5.92 Å². The van der Waals surface area contributed by atoms with Crippen LogP contribution in [0.5, 0.6) is 0 Å². The van der Waals surface area contributed by atoms with E-state index in [1.54, 1.807) is 0 Å². The van der Waals surface area contributed by atoms with Gasteiger partial charge in [-0.25, -0.2) is 4.79 Å². The highest BCUT2D eigenvalue weighted by Gasteiger charge is 2.25. The average molecular weight is 314 g/mol. The Morgan fingerprint density at radius 2 is 1.87 bits per heavy atom. The molecule has 2 N–H and O–H groups in total. The first-order valence-corrected chi connectivity index (χ1v) is 8.63. The number of carbonyl (C=O) groups excluding carboxylic acids is 1. The van der Waals surface area contributed by atoms with Gasteiger partial charge in [-0.1, -0.05) is 37.3 Å². The Hall–Kier alpha value is -1.77. The third kappa shape index (κ3) is 4.85. The lowest BCUT2D eigenvalue weighted by Gasteiger charge is -2.31. The van der Waals surface area contributed by atoms with Crippen molar-refractivity contribution < 1.29 is 4.79 Å². The fourth-order valence-corrected chi connectivity index (χ4v) is 3.16. The van der Waals surface area contributed by atoms with E-state index in [-0.39, 0.29) is 6.03 Å². The number of urea groups is 1. The number of nitrogens with one attached hydrogen (secondary N) is 2. The minimum Gasteiger partial charge on any atom is -0.335 e. The van der Waals surface area contributed by atoms with Crippen molar-refractivity contribution in [1.29, 1.82) is 0 Å². The molecule has 0 atom stereocenters. The Bertz CT molecular complexity index is 569. The third-order valence-corrected chi connectivity index (χ3v) is 4.85. The Morgan fingerprint density at radius 1 is 1.22 bits per heavy atom. The second kappa shape index (κ2) is 7.20. The van der Waals surface area contributed by atoms with Crippen LogP contribution in [0.25, 0.3) is 5.57 Å². The Balaban J connectivity index is 1.98. The van der Waals surface area contributed by atoms with Crippen LogP contribution in [0, 0.1) is 5.92 Å². The van der Waals surface area contributed by atoms with Gasteiger partial charge in [0.05, 0.1) is 5.54 Å². The molecule has 1 aliphatic carbocycles. The van der Waals surface area contributed by atoms with E-state index in [2.05, 4.69) is 36.3 Å². The molecule has 1 saturated carbocycles. The molecule has 0 unspecified atom stereocenters. The summed E-state index contributed by atoms with van der Waals surface area (Å²) in [6, 6.07) is 8.45. The van der Waals surface area contributed by atoms with Crippen molar-refractivity contribution in [2.75, 3.05) is 0 Å². The molecule has 3 nitrogen and oxygen atoms in total. The number of rotatable bonds is 4. The summed E-state index contributed by atoms with van der Waals surface area (Å²) in [6.45, 7) is 12.3. The minimum absolute atomic E-state index is 0.0738. The molecule has 0 heterocycles. The number of allylic oxidation sites excluding steroid dienone is 1. The third-order valence-electron chi connectivity index (χ3n) is 4.85. The van der Waals surface area contributed by atoms with E-state index in [0.717, 1.165) is 35.5 Å². The highest BCUT2D eigenvalue weighted by Crippen LogP contribution is 2.25. The van der Waals surface area contributed by atoms with Gasteiger partial charge in [0.1, 0.15) is 0 Å². The molecule has 126 valence electrons.